The number of rotatable bonds is 3. The first-order valence-corrected chi connectivity index (χ1v) is 6.74. The highest BCUT2D eigenvalue weighted by Gasteiger charge is 2.14. The topological polar surface area (TPSA) is 26.3 Å². The zero-order valence-corrected chi connectivity index (χ0v) is 12.4. The van der Waals surface area contributed by atoms with E-state index >= 15 is 0 Å². The molecule has 2 aromatic rings. The van der Waals surface area contributed by atoms with Crippen molar-refractivity contribution in [2.24, 2.45) is 0 Å². The summed E-state index contributed by atoms with van der Waals surface area (Å²) in [6.07, 6.45) is 0.822. The van der Waals surface area contributed by atoms with Crippen molar-refractivity contribution in [3.8, 4) is 11.5 Å². The Hall–Kier alpha value is -2.09. The molecule has 0 aliphatic heterocycles. The summed E-state index contributed by atoms with van der Waals surface area (Å²) < 4.78 is 5.86. The van der Waals surface area contributed by atoms with E-state index in [0.717, 1.165) is 17.6 Å². The van der Waals surface area contributed by atoms with Crippen molar-refractivity contribution < 1.29 is 9.53 Å². The molecule has 104 valence electrons. The highest BCUT2D eigenvalue weighted by molar-refractivity contribution is 5.75. The van der Waals surface area contributed by atoms with Gasteiger partial charge >= 0.3 is 0 Å². The average molecular weight is 268 g/mol. The van der Waals surface area contributed by atoms with E-state index in [1.54, 1.807) is 12.1 Å². The van der Waals surface area contributed by atoms with E-state index in [1.807, 2.05) is 25.1 Å². The maximum atomic E-state index is 10.8. The number of aldehydes is 1. The Morgan fingerprint density at radius 1 is 1.05 bits per heavy atom. The fourth-order valence-corrected chi connectivity index (χ4v) is 2.01. The van der Waals surface area contributed by atoms with E-state index in [0.29, 0.717) is 11.3 Å². The molecule has 20 heavy (non-hydrogen) atoms. The first-order valence-electron chi connectivity index (χ1n) is 6.74. The standard InChI is InChI=1S/C18H20O2/c1-13-10-15(18(2,3)4)8-9-17(13)20-16-7-5-6-14(11-16)12-19/h5-12H,1-4H3. The lowest BCUT2D eigenvalue weighted by atomic mass is 9.86. The van der Waals surface area contributed by atoms with Crippen LogP contribution in [0.4, 0.5) is 0 Å². The molecule has 0 bridgehead atoms. The van der Waals surface area contributed by atoms with Gasteiger partial charge in [-0.3, -0.25) is 4.79 Å². The molecule has 0 N–H and O–H groups in total. The normalized spacial score (nSPS) is 11.2. The van der Waals surface area contributed by atoms with E-state index in [2.05, 4.69) is 32.9 Å². The molecule has 2 heteroatoms. The second kappa shape index (κ2) is 5.49. The van der Waals surface area contributed by atoms with E-state index in [9.17, 15) is 4.79 Å². The van der Waals surface area contributed by atoms with Gasteiger partial charge in [-0.25, -0.2) is 0 Å². The summed E-state index contributed by atoms with van der Waals surface area (Å²) in [7, 11) is 0. The first-order chi connectivity index (χ1) is 9.40. The van der Waals surface area contributed by atoms with Crippen molar-refractivity contribution in [1.82, 2.24) is 0 Å². The summed E-state index contributed by atoms with van der Waals surface area (Å²) in [6.45, 7) is 8.61. The quantitative estimate of drug-likeness (QED) is 0.740. The third kappa shape index (κ3) is 3.27. The summed E-state index contributed by atoms with van der Waals surface area (Å²) in [5.41, 5.74) is 3.12. The third-order valence-corrected chi connectivity index (χ3v) is 3.26. The van der Waals surface area contributed by atoms with Gasteiger partial charge in [-0.2, -0.15) is 0 Å². The van der Waals surface area contributed by atoms with E-state index in [4.69, 9.17) is 4.74 Å². The summed E-state index contributed by atoms with van der Waals surface area (Å²) in [4.78, 5) is 10.8. The molecule has 2 nitrogen and oxygen atoms in total. The van der Waals surface area contributed by atoms with Gasteiger partial charge in [-0.1, -0.05) is 45.0 Å². The zero-order valence-electron chi connectivity index (χ0n) is 12.4. The number of hydrogen-bond donors (Lipinski definition) is 0. The predicted molar refractivity (Wildman–Crippen MR) is 81.8 cm³/mol. The van der Waals surface area contributed by atoms with Crippen LogP contribution in [0.1, 0.15) is 42.3 Å². The highest BCUT2D eigenvalue weighted by Crippen LogP contribution is 2.30. The van der Waals surface area contributed by atoms with Gasteiger partial charge in [-0.05, 0) is 41.7 Å². The summed E-state index contributed by atoms with van der Waals surface area (Å²) in [5, 5.41) is 0. The molecule has 2 rings (SSSR count). The highest BCUT2D eigenvalue weighted by atomic mass is 16.5. The molecule has 0 radical (unpaired) electrons. The molecule has 0 atom stereocenters. The predicted octanol–water partition coefficient (Wildman–Crippen LogP) is 4.90. The molecule has 0 aliphatic carbocycles. The molecule has 0 saturated heterocycles. The molecule has 0 amide bonds. The Balaban J connectivity index is 2.28. The number of benzene rings is 2. The monoisotopic (exact) mass is 268 g/mol. The van der Waals surface area contributed by atoms with Crippen LogP contribution in [0.2, 0.25) is 0 Å². The van der Waals surface area contributed by atoms with Crippen LogP contribution in [0, 0.1) is 6.92 Å². The molecule has 0 aromatic heterocycles. The van der Waals surface area contributed by atoms with Crippen molar-refractivity contribution in [2.45, 2.75) is 33.1 Å². The maximum absolute atomic E-state index is 10.8. The Morgan fingerprint density at radius 2 is 1.80 bits per heavy atom. The molecule has 0 fully saturated rings. The lowest BCUT2D eigenvalue weighted by Crippen LogP contribution is -2.11. The fraction of sp³-hybridized carbons (Fsp3) is 0.278. The van der Waals surface area contributed by atoms with Crippen molar-refractivity contribution in [3.05, 3.63) is 59.2 Å². The minimum Gasteiger partial charge on any atom is -0.457 e. The second-order valence-corrected chi connectivity index (χ2v) is 6.02. The van der Waals surface area contributed by atoms with E-state index in [1.165, 1.54) is 5.56 Å². The largest absolute Gasteiger partial charge is 0.457 e. The smallest absolute Gasteiger partial charge is 0.150 e. The molecular formula is C18H20O2. The lowest BCUT2D eigenvalue weighted by Gasteiger charge is -2.20. The van der Waals surface area contributed by atoms with Crippen LogP contribution in [-0.4, -0.2) is 6.29 Å². The lowest BCUT2D eigenvalue weighted by molar-refractivity contribution is 0.112. The average Bonchev–Trinajstić information content (AvgIpc) is 2.40. The van der Waals surface area contributed by atoms with Crippen LogP contribution in [0.25, 0.3) is 0 Å². The van der Waals surface area contributed by atoms with Gasteiger partial charge in [-0.15, -0.1) is 0 Å². The minimum atomic E-state index is 0.126. The maximum Gasteiger partial charge on any atom is 0.150 e. The van der Waals surface area contributed by atoms with Crippen molar-refractivity contribution in [3.63, 3.8) is 0 Å². The fourth-order valence-electron chi connectivity index (χ4n) is 2.01. The third-order valence-electron chi connectivity index (χ3n) is 3.26. The minimum absolute atomic E-state index is 0.126. The van der Waals surface area contributed by atoms with Gasteiger partial charge in [0.1, 0.15) is 17.8 Å². The van der Waals surface area contributed by atoms with Gasteiger partial charge in [0.25, 0.3) is 0 Å². The summed E-state index contributed by atoms with van der Waals surface area (Å²) in [6, 6.07) is 13.4. The van der Waals surface area contributed by atoms with Crippen LogP contribution in [0.15, 0.2) is 42.5 Å². The number of ether oxygens (including phenoxy) is 1. The number of carbonyl (C=O) groups excluding carboxylic acids is 1. The van der Waals surface area contributed by atoms with Crippen LogP contribution in [-0.2, 0) is 5.41 Å². The molecule has 0 unspecified atom stereocenters. The Kier molecular flexibility index (Phi) is 3.93. The Bertz CT molecular complexity index is 622. The molecule has 2 aromatic carbocycles. The molecule has 0 aliphatic rings. The van der Waals surface area contributed by atoms with Gasteiger partial charge < -0.3 is 4.74 Å². The number of carbonyl (C=O) groups is 1. The van der Waals surface area contributed by atoms with Gasteiger partial charge in [0.05, 0.1) is 0 Å². The van der Waals surface area contributed by atoms with Crippen molar-refractivity contribution in [1.29, 1.82) is 0 Å². The molecular weight excluding hydrogens is 248 g/mol. The van der Waals surface area contributed by atoms with E-state index in [-0.39, 0.29) is 5.41 Å². The summed E-state index contributed by atoms with van der Waals surface area (Å²) >= 11 is 0. The van der Waals surface area contributed by atoms with Crippen LogP contribution in [0.5, 0.6) is 11.5 Å². The van der Waals surface area contributed by atoms with Crippen molar-refractivity contribution in [2.75, 3.05) is 0 Å². The molecule has 0 spiro atoms. The van der Waals surface area contributed by atoms with E-state index < -0.39 is 0 Å². The van der Waals surface area contributed by atoms with Crippen LogP contribution in [0.3, 0.4) is 0 Å². The van der Waals surface area contributed by atoms with Gasteiger partial charge in [0.15, 0.2) is 0 Å². The molecule has 0 saturated carbocycles. The van der Waals surface area contributed by atoms with Crippen LogP contribution < -0.4 is 4.74 Å². The van der Waals surface area contributed by atoms with Gasteiger partial charge in [0, 0.05) is 5.56 Å². The SMILES string of the molecule is Cc1cc(C(C)(C)C)ccc1Oc1cccc(C=O)c1. The van der Waals surface area contributed by atoms with Crippen molar-refractivity contribution >= 4 is 6.29 Å². The first kappa shape index (κ1) is 14.3. The van der Waals surface area contributed by atoms with Gasteiger partial charge in [0.2, 0.25) is 0 Å². The summed E-state index contributed by atoms with van der Waals surface area (Å²) in [5.74, 6) is 1.50. The Labute approximate surface area is 120 Å². The number of hydrogen-bond acceptors (Lipinski definition) is 2. The Morgan fingerprint density at radius 3 is 2.40 bits per heavy atom. The van der Waals surface area contributed by atoms with Crippen LogP contribution >= 0.6 is 0 Å². The second-order valence-electron chi connectivity index (χ2n) is 6.02. The zero-order chi connectivity index (χ0) is 14.8. The number of aryl methyl sites for hydroxylation is 1. The molecule has 0 heterocycles.